The van der Waals surface area contributed by atoms with Gasteiger partial charge in [0.15, 0.2) is 0 Å². The number of carbonyl (C=O) groups excluding carboxylic acids is 2. The van der Waals surface area contributed by atoms with Crippen LogP contribution in [0, 0.1) is 46.8 Å². The van der Waals surface area contributed by atoms with E-state index in [1.165, 1.54) is 13.3 Å². The summed E-state index contributed by atoms with van der Waals surface area (Å²) in [6, 6.07) is 0. The lowest BCUT2D eigenvalue weighted by Gasteiger charge is -2.59. The molecule has 0 aromatic carbocycles. The van der Waals surface area contributed by atoms with Crippen LogP contribution in [0.3, 0.4) is 0 Å². The molecule has 3 aliphatic carbocycles. The molecule has 0 spiro atoms. The minimum absolute atomic E-state index is 0.00554. The molecule has 0 N–H and O–H groups in total. The van der Waals surface area contributed by atoms with Crippen LogP contribution >= 0.6 is 0 Å². The van der Waals surface area contributed by atoms with Gasteiger partial charge in [-0.25, -0.2) is 0 Å². The van der Waals surface area contributed by atoms with Crippen LogP contribution < -0.4 is 0 Å². The zero-order chi connectivity index (χ0) is 24.7. The van der Waals surface area contributed by atoms with Crippen molar-refractivity contribution in [3.05, 3.63) is 0 Å². The Balaban J connectivity index is 1.21. The summed E-state index contributed by atoms with van der Waals surface area (Å²) in [5.41, 5.74) is -0.519. The smallest absolute Gasteiger partial charge is 0.310 e. The summed E-state index contributed by atoms with van der Waals surface area (Å²) in [6.45, 7) is 11.4. The van der Waals surface area contributed by atoms with E-state index in [2.05, 4.69) is 27.7 Å². The van der Waals surface area contributed by atoms with E-state index in [4.69, 9.17) is 18.9 Å². The standard InChI is InChI=1S/C29H44O6/c1-15-6-9-22(32-14-15)26-16(2)24-23(34-26)13-21-20-8-7-18-12-19(33-17(3)30)10-11-28(18,4)25(20)27(31)35-29(21,24)5/h15-16,18-26H,6-14H2,1-5H3. The van der Waals surface area contributed by atoms with Gasteiger partial charge in [0.1, 0.15) is 11.7 Å². The predicted octanol–water partition coefficient (Wildman–Crippen LogP) is 4.92. The fraction of sp³-hybridized carbons (Fsp3) is 0.931. The summed E-state index contributed by atoms with van der Waals surface area (Å²) in [4.78, 5) is 25.4. The molecule has 35 heavy (non-hydrogen) atoms. The van der Waals surface area contributed by atoms with E-state index in [-0.39, 0.29) is 53.6 Å². The Morgan fingerprint density at radius 2 is 1.83 bits per heavy atom. The van der Waals surface area contributed by atoms with Gasteiger partial charge in [0.2, 0.25) is 0 Å². The molecular weight excluding hydrogens is 444 g/mol. The highest BCUT2D eigenvalue weighted by molar-refractivity contribution is 5.76. The average molecular weight is 489 g/mol. The maximum absolute atomic E-state index is 13.8. The molecule has 0 amide bonds. The fourth-order valence-corrected chi connectivity index (χ4v) is 9.90. The lowest BCUT2D eigenvalue weighted by Crippen LogP contribution is -2.61. The molecule has 3 heterocycles. The van der Waals surface area contributed by atoms with Gasteiger partial charge in [-0.2, -0.15) is 0 Å². The van der Waals surface area contributed by atoms with Crippen LogP contribution in [0.15, 0.2) is 0 Å². The lowest BCUT2D eigenvalue weighted by molar-refractivity contribution is -0.221. The first-order valence-corrected chi connectivity index (χ1v) is 14.3. The van der Waals surface area contributed by atoms with Crippen molar-refractivity contribution >= 4 is 11.9 Å². The van der Waals surface area contributed by atoms with Crippen LogP contribution in [0.25, 0.3) is 0 Å². The first kappa shape index (κ1) is 24.2. The van der Waals surface area contributed by atoms with Gasteiger partial charge in [-0.3, -0.25) is 9.59 Å². The zero-order valence-corrected chi connectivity index (χ0v) is 22.2. The highest BCUT2D eigenvalue weighted by Gasteiger charge is 2.70. The van der Waals surface area contributed by atoms with Crippen molar-refractivity contribution in [1.29, 1.82) is 0 Å². The summed E-state index contributed by atoms with van der Waals surface area (Å²) < 4.78 is 25.1. The summed E-state index contributed by atoms with van der Waals surface area (Å²) in [7, 11) is 0. The molecule has 6 nitrogen and oxygen atoms in total. The van der Waals surface area contributed by atoms with Crippen LogP contribution in [-0.4, -0.2) is 48.6 Å². The first-order valence-electron chi connectivity index (χ1n) is 14.3. The van der Waals surface area contributed by atoms with Gasteiger partial charge in [-0.05, 0) is 87.4 Å². The number of fused-ring (bicyclic) bond motifs is 7. The van der Waals surface area contributed by atoms with Gasteiger partial charge in [-0.1, -0.05) is 20.8 Å². The maximum atomic E-state index is 13.8. The SMILES string of the molecule is CC(=O)OC1CCC2(C)C(CCC3C2C(=O)OC2(C)C3CC3OC(C4CCC(C)CO4)C(C)C32)C1. The second-order valence-electron chi connectivity index (χ2n) is 13.5. The van der Waals surface area contributed by atoms with E-state index in [0.717, 1.165) is 51.6 Å². The highest BCUT2D eigenvalue weighted by atomic mass is 16.6. The molecule has 6 heteroatoms. The van der Waals surface area contributed by atoms with E-state index < -0.39 is 5.60 Å². The van der Waals surface area contributed by atoms with Gasteiger partial charge in [0.25, 0.3) is 0 Å². The molecule has 6 aliphatic rings. The molecule has 0 radical (unpaired) electrons. The largest absolute Gasteiger partial charge is 0.463 e. The van der Waals surface area contributed by atoms with E-state index >= 15 is 0 Å². The highest BCUT2D eigenvalue weighted by Crippen LogP contribution is 2.66. The Morgan fingerprint density at radius 3 is 2.54 bits per heavy atom. The number of carbonyl (C=O) groups is 2. The van der Waals surface area contributed by atoms with Crippen LogP contribution in [0.1, 0.15) is 86.0 Å². The Labute approximate surface area is 210 Å². The van der Waals surface area contributed by atoms with Crippen molar-refractivity contribution in [3.8, 4) is 0 Å². The van der Waals surface area contributed by atoms with E-state index in [1.807, 2.05) is 0 Å². The minimum Gasteiger partial charge on any atom is -0.463 e. The second kappa shape index (κ2) is 8.44. The summed E-state index contributed by atoms with van der Waals surface area (Å²) in [5, 5.41) is 0. The third kappa shape index (κ3) is 3.63. The molecule has 0 aromatic heterocycles. The van der Waals surface area contributed by atoms with Crippen molar-refractivity contribution in [3.63, 3.8) is 0 Å². The number of esters is 2. The number of ether oxygens (including phenoxy) is 4. The Hall–Kier alpha value is -1.14. The molecule has 13 atom stereocenters. The topological polar surface area (TPSA) is 71.1 Å². The molecule has 3 saturated heterocycles. The van der Waals surface area contributed by atoms with Crippen LogP contribution in [0.4, 0.5) is 0 Å². The van der Waals surface area contributed by atoms with E-state index in [0.29, 0.717) is 29.6 Å². The number of hydrogen-bond acceptors (Lipinski definition) is 6. The summed E-state index contributed by atoms with van der Waals surface area (Å²) in [5.74, 6) is 2.10. The van der Waals surface area contributed by atoms with Crippen LogP contribution in [-0.2, 0) is 28.5 Å². The van der Waals surface area contributed by atoms with Gasteiger partial charge in [-0.15, -0.1) is 0 Å². The number of rotatable bonds is 2. The molecule has 196 valence electrons. The molecule has 13 unspecified atom stereocenters. The van der Waals surface area contributed by atoms with Crippen LogP contribution in [0.2, 0.25) is 0 Å². The Kier molecular flexibility index (Phi) is 5.84. The molecule has 0 aromatic rings. The van der Waals surface area contributed by atoms with E-state index in [9.17, 15) is 9.59 Å². The minimum atomic E-state index is -0.447. The Bertz CT molecular complexity index is 865. The predicted molar refractivity (Wildman–Crippen MR) is 129 cm³/mol. The van der Waals surface area contributed by atoms with Gasteiger partial charge >= 0.3 is 11.9 Å². The van der Waals surface area contributed by atoms with Crippen LogP contribution in [0.5, 0.6) is 0 Å². The van der Waals surface area contributed by atoms with Gasteiger partial charge in [0.05, 0.1) is 24.2 Å². The third-order valence-corrected chi connectivity index (χ3v) is 11.5. The van der Waals surface area contributed by atoms with Crippen molar-refractivity contribution in [2.75, 3.05) is 6.61 Å². The molecule has 0 bridgehead atoms. The van der Waals surface area contributed by atoms with Gasteiger partial charge < -0.3 is 18.9 Å². The molecule has 3 saturated carbocycles. The molecule has 3 aliphatic heterocycles. The third-order valence-electron chi connectivity index (χ3n) is 11.5. The van der Waals surface area contributed by atoms with Gasteiger partial charge in [0, 0.05) is 25.4 Å². The number of hydrogen-bond donors (Lipinski definition) is 0. The first-order chi connectivity index (χ1) is 16.6. The van der Waals surface area contributed by atoms with Crippen molar-refractivity contribution in [1.82, 2.24) is 0 Å². The molecule has 6 rings (SSSR count). The molecule has 6 fully saturated rings. The maximum Gasteiger partial charge on any atom is 0.310 e. The normalized spacial score (nSPS) is 55.2. The van der Waals surface area contributed by atoms with Crippen molar-refractivity contribution in [2.24, 2.45) is 46.8 Å². The fourth-order valence-electron chi connectivity index (χ4n) is 9.90. The average Bonchev–Trinajstić information content (AvgIpc) is 3.27. The summed E-state index contributed by atoms with van der Waals surface area (Å²) in [6.07, 6.45) is 8.51. The summed E-state index contributed by atoms with van der Waals surface area (Å²) >= 11 is 0. The molecular formula is C29H44O6. The lowest BCUT2D eigenvalue weighted by atomic mass is 9.48. The Morgan fingerprint density at radius 1 is 1.03 bits per heavy atom. The quantitative estimate of drug-likeness (QED) is 0.514. The zero-order valence-electron chi connectivity index (χ0n) is 22.2. The monoisotopic (exact) mass is 488 g/mol. The second-order valence-corrected chi connectivity index (χ2v) is 13.5. The van der Waals surface area contributed by atoms with Crippen molar-refractivity contribution in [2.45, 2.75) is 116 Å². The van der Waals surface area contributed by atoms with Crippen molar-refractivity contribution < 1.29 is 28.5 Å². The van der Waals surface area contributed by atoms with E-state index in [1.54, 1.807) is 0 Å².